The Labute approximate surface area is 115 Å². The lowest BCUT2D eigenvalue weighted by atomic mass is 10.0. The first-order valence-electron chi connectivity index (χ1n) is 5.40. The average molecular weight is 284 g/mol. The molecule has 4 nitrogen and oxygen atoms in total. The van der Waals surface area contributed by atoms with E-state index in [2.05, 4.69) is 28.8 Å². The van der Waals surface area contributed by atoms with Gasteiger partial charge in [-0.3, -0.25) is 0 Å². The van der Waals surface area contributed by atoms with E-state index in [1.807, 2.05) is 24.3 Å². The normalized spacial score (nSPS) is 10.7. The first-order chi connectivity index (χ1) is 8.56. The molecule has 0 amide bonds. The molecule has 2 rings (SSSR count). The fourth-order valence-corrected chi connectivity index (χ4v) is 1.85. The van der Waals surface area contributed by atoms with Crippen LogP contribution in [0.5, 0.6) is 11.8 Å². The van der Waals surface area contributed by atoms with Gasteiger partial charge in [-0.1, -0.05) is 32.0 Å². The molecule has 0 aliphatic heterocycles. The zero-order valence-electron chi connectivity index (χ0n) is 9.89. The predicted octanol–water partition coefficient (Wildman–Crippen LogP) is 4.09. The molecule has 0 fully saturated rings. The topological polar surface area (TPSA) is 47.9 Å². The number of hydrogen-bond acceptors (Lipinski definition) is 4. The molecule has 0 aliphatic carbocycles. The molecular formula is C12H11Cl2N3O. The number of hydrogen-bond donors (Lipinski definition) is 0. The Hall–Kier alpha value is -1.39. The van der Waals surface area contributed by atoms with E-state index in [-0.39, 0.29) is 16.6 Å². The maximum atomic E-state index is 5.69. The number of ether oxygens (including phenoxy) is 1. The molecule has 0 aliphatic rings. The third-order valence-corrected chi connectivity index (χ3v) is 2.64. The van der Waals surface area contributed by atoms with E-state index in [1.165, 1.54) is 0 Å². The molecule has 0 bridgehead atoms. The third kappa shape index (κ3) is 3.09. The van der Waals surface area contributed by atoms with Gasteiger partial charge in [0.25, 0.3) is 0 Å². The summed E-state index contributed by atoms with van der Waals surface area (Å²) in [4.78, 5) is 11.4. The van der Waals surface area contributed by atoms with Crippen LogP contribution in [0.1, 0.15) is 25.3 Å². The van der Waals surface area contributed by atoms with Gasteiger partial charge in [-0.15, -0.1) is 0 Å². The minimum atomic E-state index is 0.00651. The van der Waals surface area contributed by atoms with Crippen molar-refractivity contribution in [3.05, 3.63) is 40.4 Å². The van der Waals surface area contributed by atoms with Crippen molar-refractivity contribution in [3.63, 3.8) is 0 Å². The fraction of sp³-hybridized carbons (Fsp3) is 0.250. The summed E-state index contributed by atoms with van der Waals surface area (Å²) in [7, 11) is 0. The van der Waals surface area contributed by atoms with Crippen molar-refractivity contribution >= 4 is 23.2 Å². The highest BCUT2D eigenvalue weighted by Crippen LogP contribution is 2.29. The zero-order valence-corrected chi connectivity index (χ0v) is 11.4. The first-order valence-corrected chi connectivity index (χ1v) is 6.15. The highest BCUT2D eigenvalue weighted by Gasteiger charge is 2.10. The lowest BCUT2D eigenvalue weighted by molar-refractivity contribution is 0.432. The first kappa shape index (κ1) is 13.1. The van der Waals surface area contributed by atoms with Gasteiger partial charge in [0.1, 0.15) is 5.75 Å². The van der Waals surface area contributed by atoms with Crippen molar-refractivity contribution in [1.29, 1.82) is 0 Å². The second-order valence-electron chi connectivity index (χ2n) is 3.95. The van der Waals surface area contributed by atoms with Gasteiger partial charge in [0.05, 0.1) is 0 Å². The Morgan fingerprint density at radius 3 is 2.22 bits per heavy atom. The van der Waals surface area contributed by atoms with Gasteiger partial charge in [-0.05, 0) is 40.7 Å². The van der Waals surface area contributed by atoms with E-state index in [0.29, 0.717) is 11.7 Å². The van der Waals surface area contributed by atoms with Crippen molar-refractivity contribution < 1.29 is 4.74 Å². The van der Waals surface area contributed by atoms with E-state index in [9.17, 15) is 0 Å². The van der Waals surface area contributed by atoms with Crippen LogP contribution in [0, 0.1) is 0 Å². The molecule has 18 heavy (non-hydrogen) atoms. The van der Waals surface area contributed by atoms with Crippen LogP contribution in [-0.4, -0.2) is 15.0 Å². The maximum Gasteiger partial charge on any atom is 0.327 e. The Kier molecular flexibility index (Phi) is 3.99. The summed E-state index contributed by atoms with van der Waals surface area (Å²) < 4.78 is 5.60. The van der Waals surface area contributed by atoms with Crippen LogP contribution in [0.2, 0.25) is 10.6 Å². The number of aromatic nitrogens is 3. The molecular weight excluding hydrogens is 273 g/mol. The molecule has 1 heterocycles. The summed E-state index contributed by atoms with van der Waals surface area (Å²) in [5.41, 5.74) is 1.06. The van der Waals surface area contributed by atoms with Crippen LogP contribution in [-0.2, 0) is 0 Å². The van der Waals surface area contributed by atoms with Crippen molar-refractivity contribution in [1.82, 2.24) is 15.0 Å². The van der Waals surface area contributed by atoms with E-state index < -0.39 is 0 Å². The van der Waals surface area contributed by atoms with Gasteiger partial charge in [0.15, 0.2) is 0 Å². The van der Waals surface area contributed by atoms with Crippen molar-refractivity contribution in [3.8, 4) is 11.8 Å². The summed E-state index contributed by atoms with van der Waals surface area (Å²) in [5.74, 6) is 1.01. The molecule has 0 radical (unpaired) electrons. The Balaban J connectivity index is 2.34. The van der Waals surface area contributed by atoms with E-state index in [4.69, 9.17) is 27.9 Å². The molecule has 2 aromatic rings. The molecule has 1 aromatic carbocycles. The number of para-hydroxylation sites is 1. The minimum absolute atomic E-state index is 0.00651. The molecule has 0 spiro atoms. The van der Waals surface area contributed by atoms with Crippen LogP contribution in [0.4, 0.5) is 0 Å². The summed E-state index contributed by atoms with van der Waals surface area (Å²) in [6.45, 7) is 4.16. The molecule has 1 aromatic heterocycles. The van der Waals surface area contributed by atoms with Gasteiger partial charge < -0.3 is 4.74 Å². The van der Waals surface area contributed by atoms with E-state index in [0.717, 1.165) is 5.56 Å². The SMILES string of the molecule is CC(C)c1ccccc1Oc1nc(Cl)nc(Cl)n1. The van der Waals surface area contributed by atoms with Crippen LogP contribution < -0.4 is 4.74 Å². The third-order valence-electron chi connectivity index (χ3n) is 2.30. The highest BCUT2D eigenvalue weighted by atomic mass is 35.5. The molecule has 0 unspecified atom stereocenters. The molecule has 0 N–H and O–H groups in total. The summed E-state index contributed by atoms with van der Waals surface area (Å²) >= 11 is 11.4. The Morgan fingerprint density at radius 2 is 1.61 bits per heavy atom. The zero-order chi connectivity index (χ0) is 13.1. The molecule has 94 valence electrons. The lowest BCUT2D eigenvalue weighted by Crippen LogP contribution is -1.98. The van der Waals surface area contributed by atoms with Gasteiger partial charge >= 0.3 is 6.01 Å². The van der Waals surface area contributed by atoms with Crippen LogP contribution >= 0.6 is 23.2 Å². The van der Waals surface area contributed by atoms with Gasteiger partial charge in [-0.2, -0.15) is 15.0 Å². The van der Waals surface area contributed by atoms with Crippen LogP contribution in [0.3, 0.4) is 0 Å². The van der Waals surface area contributed by atoms with Crippen molar-refractivity contribution in [2.24, 2.45) is 0 Å². The second kappa shape index (κ2) is 5.50. The highest BCUT2D eigenvalue weighted by molar-refractivity contribution is 6.31. The number of nitrogens with zero attached hydrogens (tertiary/aromatic N) is 3. The van der Waals surface area contributed by atoms with Gasteiger partial charge in [0, 0.05) is 0 Å². The van der Waals surface area contributed by atoms with E-state index >= 15 is 0 Å². The minimum Gasteiger partial charge on any atom is -0.424 e. The lowest BCUT2D eigenvalue weighted by Gasteiger charge is -2.12. The summed E-state index contributed by atoms with van der Waals surface area (Å²) in [6, 6.07) is 7.76. The fourth-order valence-electron chi connectivity index (χ4n) is 1.50. The number of rotatable bonds is 3. The van der Waals surface area contributed by atoms with Crippen LogP contribution in [0.25, 0.3) is 0 Å². The van der Waals surface area contributed by atoms with Crippen LogP contribution in [0.15, 0.2) is 24.3 Å². The Morgan fingerprint density at radius 1 is 1.00 bits per heavy atom. The van der Waals surface area contributed by atoms with Crippen molar-refractivity contribution in [2.45, 2.75) is 19.8 Å². The second-order valence-corrected chi connectivity index (χ2v) is 4.63. The molecule has 0 saturated carbocycles. The molecule has 0 atom stereocenters. The maximum absolute atomic E-state index is 5.69. The quantitative estimate of drug-likeness (QED) is 0.851. The standard InChI is InChI=1S/C12H11Cl2N3O/c1-7(2)8-5-3-4-6-9(8)18-12-16-10(13)15-11(14)17-12/h3-7H,1-2H3. The average Bonchev–Trinajstić information content (AvgIpc) is 2.27. The number of halogens is 2. The van der Waals surface area contributed by atoms with Crippen molar-refractivity contribution in [2.75, 3.05) is 0 Å². The molecule has 6 heteroatoms. The van der Waals surface area contributed by atoms with Gasteiger partial charge in [-0.25, -0.2) is 0 Å². The largest absolute Gasteiger partial charge is 0.424 e. The van der Waals surface area contributed by atoms with Gasteiger partial charge in [0.2, 0.25) is 10.6 Å². The number of benzene rings is 1. The predicted molar refractivity (Wildman–Crippen MR) is 70.5 cm³/mol. The Bertz CT molecular complexity index is 541. The van der Waals surface area contributed by atoms with E-state index in [1.54, 1.807) is 0 Å². The summed E-state index contributed by atoms with van der Waals surface area (Å²) in [5, 5.41) is 0.0130. The monoisotopic (exact) mass is 283 g/mol. The molecule has 0 saturated heterocycles. The smallest absolute Gasteiger partial charge is 0.327 e. The summed E-state index contributed by atoms with van der Waals surface area (Å²) in [6.07, 6.45) is 0.